The minimum absolute atomic E-state index is 0.373. The summed E-state index contributed by atoms with van der Waals surface area (Å²) in [5.41, 5.74) is 1.12. The normalized spacial score (nSPS) is 20.0. The van der Waals surface area contributed by atoms with Gasteiger partial charge in [-0.15, -0.1) is 0 Å². The van der Waals surface area contributed by atoms with E-state index in [9.17, 15) is 9.18 Å². The summed E-state index contributed by atoms with van der Waals surface area (Å²) in [5, 5.41) is 0. The molecular weight excluding hydrogens is 143 g/mol. The van der Waals surface area contributed by atoms with E-state index in [1.807, 2.05) is 0 Å². The average Bonchev–Trinajstić information content (AvgIpc) is 2.39. The molecule has 0 heterocycles. The second-order valence-corrected chi connectivity index (χ2v) is 3.03. The molecule has 0 aliphatic heterocycles. The van der Waals surface area contributed by atoms with Crippen molar-refractivity contribution in [3.05, 3.63) is 11.6 Å². The highest BCUT2D eigenvalue weighted by Crippen LogP contribution is 2.23. The smallest absolute Gasteiger partial charge is 0.189 e. The van der Waals surface area contributed by atoms with E-state index in [4.69, 9.17) is 0 Å². The van der Waals surface area contributed by atoms with Crippen LogP contribution in [0.2, 0.25) is 0 Å². The fourth-order valence-corrected chi connectivity index (χ4v) is 1.29. The Morgan fingerprint density at radius 1 is 1.55 bits per heavy atom. The summed E-state index contributed by atoms with van der Waals surface area (Å²) >= 11 is 0. The number of carbonyl (C=O) groups is 1. The Bertz CT molecular complexity index is 174. The van der Waals surface area contributed by atoms with E-state index in [1.54, 1.807) is 0 Å². The van der Waals surface area contributed by atoms with E-state index in [2.05, 4.69) is 0 Å². The highest BCUT2D eigenvalue weighted by molar-refractivity contribution is 5.93. The standard InChI is InChI=1S/C9H13FO/c1-7(10)9(11)6-8-4-2-3-5-8/h6-7H,2-5H2,1H3. The van der Waals surface area contributed by atoms with E-state index in [0.717, 1.165) is 31.3 Å². The number of halogens is 1. The third-order valence-electron chi connectivity index (χ3n) is 1.98. The highest BCUT2D eigenvalue weighted by Gasteiger charge is 2.12. The Morgan fingerprint density at radius 3 is 2.55 bits per heavy atom. The number of ketones is 1. The molecule has 1 nitrogen and oxygen atoms in total. The molecule has 1 fully saturated rings. The number of hydrogen-bond acceptors (Lipinski definition) is 1. The monoisotopic (exact) mass is 156 g/mol. The predicted octanol–water partition coefficient (Wildman–Crippen LogP) is 2.41. The van der Waals surface area contributed by atoms with Crippen LogP contribution in [0.15, 0.2) is 11.6 Å². The molecule has 1 saturated carbocycles. The topological polar surface area (TPSA) is 17.1 Å². The summed E-state index contributed by atoms with van der Waals surface area (Å²) in [5.74, 6) is -0.373. The molecule has 1 unspecified atom stereocenters. The highest BCUT2D eigenvalue weighted by atomic mass is 19.1. The van der Waals surface area contributed by atoms with Gasteiger partial charge in [-0.3, -0.25) is 4.79 Å². The average molecular weight is 156 g/mol. The van der Waals surface area contributed by atoms with E-state index in [1.165, 1.54) is 13.0 Å². The number of hydrogen-bond donors (Lipinski definition) is 0. The molecule has 1 aliphatic rings. The molecule has 0 N–H and O–H groups in total. The molecule has 2 heteroatoms. The van der Waals surface area contributed by atoms with Crippen LogP contribution in [0.1, 0.15) is 32.6 Å². The zero-order chi connectivity index (χ0) is 8.27. The Labute approximate surface area is 66.3 Å². The van der Waals surface area contributed by atoms with Crippen LogP contribution in [0.5, 0.6) is 0 Å². The summed E-state index contributed by atoms with van der Waals surface area (Å²) < 4.78 is 12.4. The Kier molecular flexibility index (Phi) is 2.80. The van der Waals surface area contributed by atoms with Crippen molar-refractivity contribution in [1.29, 1.82) is 0 Å². The van der Waals surface area contributed by atoms with Gasteiger partial charge < -0.3 is 0 Å². The molecule has 1 atom stereocenters. The number of carbonyl (C=O) groups excluding carboxylic acids is 1. The predicted molar refractivity (Wildman–Crippen MR) is 42.1 cm³/mol. The van der Waals surface area contributed by atoms with Gasteiger partial charge in [0.2, 0.25) is 0 Å². The van der Waals surface area contributed by atoms with E-state index >= 15 is 0 Å². The first-order chi connectivity index (χ1) is 5.20. The minimum Gasteiger partial charge on any atom is -0.292 e. The second kappa shape index (κ2) is 3.65. The first-order valence-corrected chi connectivity index (χ1v) is 4.07. The zero-order valence-corrected chi connectivity index (χ0v) is 6.77. The van der Waals surface area contributed by atoms with Crippen molar-refractivity contribution >= 4 is 5.78 Å². The van der Waals surface area contributed by atoms with Crippen LogP contribution in [0.4, 0.5) is 4.39 Å². The zero-order valence-electron chi connectivity index (χ0n) is 6.77. The Morgan fingerprint density at radius 2 is 2.09 bits per heavy atom. The van der Waals surface area contributed by atoms with Crippen molar-refractivity contribution in [2.45, 2.75) is 38.8 Å². The summed E-state index contributed by atoms with van der Waals surface area (Å²) in [6, 6.07) is 0. The lowest BCUT2D eigenvalue weighted by Crippen LogP contribution is -2.07. The molecule has 0 bridgehead atoms. The Balaban J connectivity index is 2.50. The van der Waals surface area contributed by atoms with Gasteiger partial charge in [-0.05, 0) is 38.7 Å². The number of alkyl halides is 1. The van der Waals surface area contributed by atoms with Crippen LogP contribution in [-0.2, 0) is 4.79 Å². The first kappa shape index (κ1) is 8.44. The lowest BCUT2D eigenvalue weighted by atomic mass is 10.1. The minimum atomic E-state index is -1.33. The van der Waals surface area contributed by atoms with E-state index in [0.29, 0.717) is 0 Å². The van der Waals surface area contributed by atoms with Crippen molar-refractivity contribution in [2.75, 3.05) is 0 Å². The SMILES string of the molecule is CC(F)C(=O)C=C1CCCC1. The fourth-order valence-electron chi connectivity index (χ4n) is 1.29. The maximum Gasteiger partial charge on any atom is 0.189 e. The van der Waals surface area contributed by atoms with Gasteiger partial charge in [0.05, 0.1) is 0 Å². The molecule has 0 saturated heterocycles. The fraction of sp³-hybridized carbons (Fsp3) is 0.667. The van der Waals surface area contributed by atoms with Crippen LogP contribution < -0.4 is 0 Å². The third kappa shape index (κ3) is 2.45. The Hall–Kier alpha value is -0.660. The summed E-state index contributed by atoms with van der Waals surface area (Å²) in [6.07, 6.45) is 4.43. The lowest BCUT2D eigenvalue weighted by Gasteiger charge is -1.96. The van der Waals surface area contributed by atoms with Crippen LogP contribution in [0.25, 0.3) is 0 Å². The molecule has 11 heavy (non-hydrogen) atoms. The quantitative estimate of drug-likeness (QED) is 0.561. The first-order valence-electron chi connectivity index (χ1n) is 4.07. The van der Waals surface area contributed by atoms with Gasteiger partial charge in [0, 0.05) is 0 Å². The van der Waals surface area contributed by atoms with Crippen molar-refractivity contribution in [1.82, 2.24) is 0 Å². The molecule has 1 aliphatic carbocycles. The molecule has 62 valence electrons. The van der Waals surface area contributed by atoms with Gasteiger partial charge in [0.15, 0.2) is 12.0 Å². The largest absolute Gasteiger partial charge is 0.292 e. The molecule has 0 spiro atoms. The van der Waals surface area contributed by atoms with Crippen molar-refractivity contribution in [3.8, 4) is 0 Å². The number of rotatable bonds is 2. The van der Waals surface area contributed by atoms with Gasteiger partial charge >= 0.3 is 0 Å². The summed E-state index contributed by atoms with van der Waals surface area (Å²) in [6.45, 7) is 1.29. The molecule has 0 aromatic carbocycles. The molecular formula is C9H13FO. The van der Waals surface area contributed by atoms with Crippen molar-refractivity contribution in [2.24, 2.45) is 0 Å². The summed E-state index contributed by atoms with van der Waals surface area (Å²) in [4.78, 5) is 10.8. The third-order valence-corrected chi connectivity index (χ3v) is 1.98. The molecule has 1 rings (SSSR count). The van der Waals surface area contributed by atoms with Crippen LogP contribution in [0, 0.1) is 0 Å². The van der Waals surface area contributed by atoms with Crippen LogP contribution in [0.3, 0.4) is 0 Å². The van der Waals surface area contributed by atoms with Crippen LogP contribution in [-0.4, -0.2) is 12.0 Å². The second-order valence-electron chi connectivity index (χ2n) is 3.03. The van der Waals surface area contributed by atoms with Gasteiger partial charge in [-0.1, -0.05) is 5.57 Å². The maximum atomic E-state index is 12.4. The maximum absolute atomic E-state index is 12.4. The van der Waals surface area contributed by atoms with Crippen LogP contribution >= 0.6 is 0 Å². The van der Waals surface area contributed by atoms with Gasteiger partial charge in [-0.2, -0.15) is 0 Å². The molecule has 0 radical (unpaired) electrons. The van der Waals surface area contributed by atoms with Gasteiger partial charge in [0.25, 0.3) is 0 Å². The van der Waals surface area contributed by atoms with E-state index in [-0.39, 0.29) is 5.78 Å². The van der Waals surface area contributed by atoms with Crippen molar-refractivity contribution < 1.29 is 9.18 Å². The number of allylic oxidation sites excluding steroid dienone is 2. The van der Waals surface area contributed by atoms with Gasteiger partial charge in [0.1, 0.15) is 0 Å². The summed E-state index contributed by atoms with van der Waals surface area (Å²) in [7, 11) is 0. The van der Waals surface area contributed by atoms with E-state index < -0.39 is 6.17 Å². The molecule has 0 aromatic rings. The van der Waals surface area contributed by atoms with Gasteiger partial charge in [-0.25, -0.2) is 4.39 Å². The lowest BCUT2D eigenvalue weighted by molar-refractivity contribution is -0.118. The van der Waals surface area contributed by atoms with Crippen molar-refractivity contribution in [3.63, 3.8) is 0 Å². The molecule has 0 amide bonds. The molecule has 0 aromatic heterocycles.